The molecule has 26 heavy (non-hydrogen) atoms. The van der Waals surface area contributed by atoms with E-state index >= 15 is 0 Å². The molecule has 1 aromatic rings. The molecule has 1 unspecified atom stereocenters. The third-order valence-corrected chi connectivity index (χ3v) is 6.56. The van der Waals surface area contributed by atoms with E-state index < -0.39 is 5.97 Å². The first kappa shape index (κ1) is 17.5. The summed E-state index contributed by atoms with van der Waals surface area (Å²) in [7, 11) is 0. The van der Waals surface area contributed by atoms with Crippen molar-refractivity contribution in [3.05, 3.63) is 22.5 Å². The van der Waals surface area contributed by atoms with Gasteiger partial charge in [0.1, 0.15) is 5.69 Å². The minimum absolute atomic E-state index is 0.0772. The van der Waals surface area contributed by atoms with Crippen molar-refractivity contribution >= 4 is 11.9 Å². The Hall–Kier alpha value is -1.86. The number of carboxylic acids is 1. The summed E-state index contributed by atoms with van der Waals surface area (Å²) in [4.78, 5) is 34.3. The van der Waals surface area contributed by atoms with Gasteiger partial charge in [-0.15, -0.1) is 0 Å². The van der Waals surface area contributed by atoms with E-state index in [9.17, 15) is 14.7 Å². The summed E-state index contributed by atoms with van der Waals surface area (Å²) in [5.74, 6) is -0.247. The summed E-state index contributed by atoms with van der Waals surface area (Å²) < 4.78 is 0. The van der Waals surface area contributed by atoms with Gasteiger partial charge in [-0.05, 0) is 51.3 Å². The lowest BCUT2D eigenvalue weighted by Gasteiger charge is -2.51. The SMILES string of the molecule is Cc1[nH]c(C(=O)N2CCN(C3CN4CCC3CC4)CC2)c(C)c1C(=O)O. The van der Waals surface area contributed by atoms with Gasteiger partial charge in [0.05, 0.1) is 5.56 Å². The first-order valence-corrected chi connectivity index (χ1v) is 9.64. The molecule has 0 aromatic carbocycles. The number of amides is 1. The molecule has 1 amide bonds. The van der Waals surface area contributed by atoms with Gasteiger partial charge in [-0.25, -0.2) is 4.79 Å². The number of aromatic nitrogens is 1. The number of piperidine rings is 3. The zero-order chi connectivity index (χ0) is 18.4. The van der Waals surface area contributed by atoms with Crippen LogP contribution in [0, 0.1) is 19.8 Å². The molecule has 142 valence electrons. The second-order valence-corrected chi connectivity index (χ2v) is 7.96. The summed E-state index contributed by atoms with van der Waals surface area (Å²) in [6, 6.07) is 0.642. The van der Waals surface area contributed by atoms with E-state index in [1.54, 1.807) is 13.8 Å². The van der Waals surface area contributed by atoms with E-state index in [1.807, 2.05) is 4.90 Å². The molecule has 4 aliphatic rings. The predicted molar refractivity (Wildman–Crippen MR) is 97.7 cm³/mol. The molecule has 2 N–H and O–H groups in total. The van der Waals surface area contributed by atoms with Crippen LogP contribution >= 0.6 is 0 Å². The first-order valence-electron chi connectivity index (χ1n) is 9.64. The normalized spacial score (nSPS) is 29.2. The van der Waals surface area contributed by atoms with Crippen LogP contribution in [0.5, 0.6) is 0 Å². The number of hydrogen-bond acceptors (Lipinski definition) is 4. The Morgan fingerprint density at radius 3 is 2.19 bits per heavy atom. The van der Waals surface area contributed by atoms with Crippen molar-refractivity contribution in [3.8, 4) is 0 Å². The lowest BCUT2D eigenvalue weighted by atomic mass is 9.83. The van der Waals surface area contributed by atoms with Gasteiger partial charge in [0.15, 0.2) is 0 Å². The summed E-state index contributed by atoms with van der Waals surface area (Å²) in [6.45, 7) is 10.3. The highest BCUT2D eigenvalue weighted by atomic mass is 16.4. The number of fused-ring (bicyclic) bond motifs is 3. The van der Waals surface area contributed by atoms with Gasteiger partial charge in [-0.2, -0.15) is 0 Å². The fourth-order valence-electron chi connectivity index (χ4n) is 5.05. The minimum Gasteiger partial charge on any atom is -0.478 e. The summed E-state index contributed by atoms with van der Waals surface area (Å²) in [5.41, 5.74) is 1.74. The highest BCUT2D eigenvalue weighted by Crippen LogP contribution is 2.31. The Morgan fingerprint density at radius 1 is 1.04 bits per heavy atom. The number of aromatic amines is 1. The van der Waals surface area contributed by atoms with Crippen LogP contribution in [0.15, 0.2) is 0 Å². The van der Waals surface area contributed by atoms with E-state index in [0.29, 0.717) is 36.1 Å². The second kappa shape index (κ2) is 6.70. The van der Waals surface area contributed by atoms with Crippen LogP contribution in [0.25, 0.3) is 0 Å². The number of rotatable bonds is 3. The number of carbonyl (C=O) groups is 2. The molecule has 1 atom stereocenters. The van der Waals surface area contributed by atoms with E-state index in [1.165, 1.54) is 32.5 Å². The number of aryl methyl sites for hydroxylation is 1. The fraction of sp³-hybridized carbons (Fsp3) is 0.684. The average molecular weight is 360 g/mol. The molecule has 1 aromatic heterocycles. The van der Waals surface area contributed by atoms with E-state index in [4.69, 9.17) is 0 Å². The van der Waals surface area contributed by atoms with Gasteiger partial charge in [-0.3, -0.25) is 9.69 Å². The van der Waals surface area contributed by atoms with E-state index in [2.05, 4.69) is 14.8 Å². The third kappa shape index (κ3) is 2.93. The smallest absolute Gasteiger partial charge is 0.337 e. The number of piperazine rings is 1. The molecule has 4 saturated heterocycles. The lowest BCUT2D eigenvalue weighted by molar-refractivity contribution is -0.0131. The van der Waals surface area contributed by atoms with Gasteiger partial charge >= 0.3 is 5.97 Å². The zero-order valence-electron chi connectivity index (χ0n) is 15.6. The molecule has 4 fully saturated rings. The molecule has 4 aliphatic heterocycles. The Balaban J connectivity index is 1.41. The van der Waals surface area contributed by atoms with Crippen molar-refractivity contribution in [2.45, 2.75) is 32.7 Å². The molecule has 7 heteroatoms. The number of hydrogen-bond donors (Lipinski definition) is 2. The van der Waals surface area contributed by atoms with Crippen molar-refractivity contribution < 1.29 is 14.7 Å². The summed E-state index contributed by atoms with van der Waals surface area (Å²) in [6.07, 6.45) is 2.62. The zero-order valence-corrected chi connectivity index (χ0v) is 15.6. The Bertz CT molecular complexity index is 713. The quantitative estimate of drug-likeness (QED) is 0.846. The van der Waals surface area contributed by atoms with Crippen LogP contribution in [0.4, 0.5) is 0 Å². The Morgan fingerprint density at radius 2 is 1.69 bits per heavy atom. The van der Waals surface area contributed by atoms with Gasteiger partial charge in [0.25, 0.3) is 5.91 Å². The van der Waals surface area contributed by atoms with Gasteiger partial charge < -0.3 is 19.9 Å². The van der Waals surface area contributed by atoms with Crippen molar-refractivity contribution in [1.29, 1.82) is 0 Å². The van der Waals surface area contributed by atoms with Gasteiger partial charge in [0.2, 0.25) is 0 Å². The molecule has 0 spiro atoms. The van der Waals surface area contributed by atoms with Crippen molar-refractivity contribution in [3.63, 3.8) is 0 Å². The maximum absolute atomic E-state index is 12.9. The number of nitrogens with one attached hydrogen (secondary N) is 1. The van der Waals surface area contributed by atoms with Crippen molar-refractivity contribution in [2.75, 3.05) is 45.8 Å². The lowest BCUT2D eigenvalue weighted by Crippen LogP contribution is -2.61. The van der Waals surface area contributed by atoms with Crippen LogP contribution in [0.2, 0.25) is 0 Å². The van der Waals surface area contributed by atoms with Crippen LogP contribution in [-0.2, 0) is 0 Å². The fourth-order valence-corrected chi connectivity index (χ4v) is 5.05. The Labute approximate surface area is 153 Å². The molecule has 2 bridgehead atoms. The molecule has 7 nitrogen and oxygen atoms in total. The van der Waals surface area contributed by atoms with Gasteiger partial charge in [0, 0.05) is 44.5 Å². The number of H-pyrrole nitrogens is 1. The highest BCUT2D eigenvalue weighted by molar-refractivity contribution is 6.00. The predicted octanol–water partition coefficient (Wildman–Crippen LogP) is 1.18. The third-order valence-electron chi connectivity index (χ3n) is 6.56. The molecule has 0 radical (unpaired) electrons. The number of aromatic carboxylic acids is 1. The van der Waals surface area contributed by atoms with E-state index in [0.717, 1.165) is 19.0 Å². The van der Waals surface area contributed by atoms with Crippen LogP contribution in [0.1, 0.15) is 44.9 Å². The summed E-state index contributed by atoms with van der Waals surface area (Å²) in [5, 5.41) is 9.33. The second-order valence-electron chi connectivity index (χ2n) is 7.96. The molecular formula is C19H28N4O3. The molecule has 5 heterocycles. The highest BCUT2D eigenvalue weighted by Gasteiger charge is 2.39. The maximum atomic E-state index is 12.9. The topological polar surface area (TPSA) is 79.9 Å². The number of carbonyl (C=O) groups excluding carboxylic acids is 1. The molecule has 0 aliphatic carbocycles. The van der Waals surface area contributed by atoms with Crippen LogP contribution < -0.4 is 0 Å². The molecule has 0 saturated carbocycles. The first-order chi connectivity index (χ1) is 12.5. The summed E-state index contributed by atoms with van der Waals surface area (Å²) >= 11 is 0. The molecular weight excluding hydrogens is 332 g/mol. The number of nitrogens with zero attached hydrogens (tertiary/aromatic N) is 3. The Kier molecular flexibility index (Phi) is 4.52. The largest absolute Gasteiger partial charge is 0.478 e. The van der Waals surface area contributed by atoms with E-state index in [-0.39, 0.29) is 11.5 Å². The van der Waals surface area contributed by atoms with Gasteiger partial charge in [-0.1, -0.05) is 0 Å². The van der Waals surface area contributed by atoms with Crippen LogP contribution in [-0.4, -0.2) is 88.5 Å². The van der Waals surface area contributed by atoms with Crippen molar-refractivity contribution in [1.82, 2.24) is 19.7 Å². The number of carboxylic acid groups (broad SMARTS) is 1. The van der Waals surface area contributed by atoms with Crippen molar-refractivity contribution in [2.24, 2.45) is 5.92 Å². The standard InChI is InChI=1S/C19H28N4O3/c1-12-16(19(25)26)13(2)20-17(12)18(24)23-9-7-22(8-10-23)15-11-21-5-3-14(15)4-6-21/h14-15,20H,3-11H2,1-2H3,(H,25,26). The van der Waals surface area contributed by atoms with Crippen LogP contribution in [0.3, 0.4) is 0 Å². The maximum Gasteiger partial charge on any atom is 0.337 e. The average Bonchev–Trinajstić information content (AvgIpc) is 2.96. The monoisotopic (exact) mass is 360 g/mol. The minimum atomic E-state index is -0.984. The molecule has 5 rings (SSSR count).